The third-order valence-electron chi connectivity index (χ3n) is 5.22. The Labute approximate surface area is 199 Å². The molecule has 1 saturated heterocycles. The maximum atomic E-state index is 13.0. The number of carbonyl (C=O) groups is 1. The number of amides is 1. The SMILES string of the molecule is C[C@@H](Oc1ccc(S(=O)(=O)Nc2ccccc2Oc2ccccc2)cc1)C(=O)N1CCOCC1. The Kier molecular flexibility index (Phi) is 7.34. The van der Waals surface area contributed by atoms with Crippen molar-refractivity contribution in [1.82, 2.24) is 4.90 Å². The lowest BCUT2D eigenvalue weighted by atomic mass is 10.3. The quantitative estimate of drug-likeness (QED) is 0.523. The predicted molar refractivity (Wildman–Crippen MR) is 128 cm³/mol. The van der Waals surface area contributed by atoms with Gasteiger partial charge in [-0.05, 0) is 55.5 Å². The van der Waals surface area contributed by atoms with Crippen molar-refractivity contribution in [2.45, 2.75) is 17.9 Å². The number of nitrogens with zero attached hydrogens (tertiary/aromatic N) is 1. The molecule has 0 spiro atoms. The second-order valence-corrected chi connectivity index (χ2v) is 9.37. The molecule has 0 unspecified atom stereocenters. The van der Waals surface area contributed by atoms with Crippen LogP contribution in [0, 0.1) is 0 Å². The topological polar surface area (TPSA) is 94.2 Å². The molecule has 4 rings (SSSR count). The van der Waals surface area contributed by atoms with Gasteiger partial charge in [-0.2, -0.15) is 0 Å². The summed E-state index contributed by atoms with van der Waals surface area (Å²) in [6, 6.07) is 21.9. The number of hydrogen-bond donors (Lipinski definition) is 1. The van der Waals surface area contributed by atoms with E-state index in [1.165, 1.54) is 24.3 Å². The minimum Gasteiger partial charge on any atom is -0.481 e. The number of anilines is 1. The maximum absolute atomic E-state index is 13.0. The van der Waals surface area contributed by atoms with Gasteiger partial charge in [0.05, 0.1) is 23.8 Å². The van der Waals surface area contributed by atoms with Crippen molar-refractivity contribution in [3.05, 3.63) is 78.9 Å². The average Bonchev–Trinajstić information content (AvgIpc) is 2.86. The molecule has 1 amide bonds. The van der Waals surface area contributed by atoms with Crippen molar-refractivity contribution in [2.75, 3.05) is 31.0 Å². The predicted octanol–water partition coefficient (Wildman–Crippen LogP) is 3.91. The Bertz CT molecular complexity index is 1210. The maximum Gasteiger partial charge on any atom is 0.263 e. The van der Waals surface area contributed by atoms with Gasteiger partial charge in [0.25, 0.3) is 15.9 Å². The third-order valence-corrected chi connectivity index (χ3v) is 6.60. The molecule has 34 heavy (non-hydrogen) atoms. The molecule has 0 aliphatic carbocycles. The van der Waals surface area contributed by atoms with Crippen LogP contribution in [-0.4, -0.2) is 51.6 Å². The molecule has 1 atom stereocenters. The van der Waals surface area contributed by atoms with Crippen molar-refractivity contribution in [3.8, 4) is 17.2 Å². The smallest absolute Gasteiger partial charge is 0.263 e. The average molecular weight is 483 g/mol. The summed E-state index contributed by atoms with van der Waals surface area (Å²) in [5.41, 5.74) is 0.316. The van der Waals surface area contributed by atoms with Gasteiger partial charge in [-0.15, -0.1) is 0 Å². The molecule has 0 bridgehead atoms. The molecule has 0 aromatic heterocycles. The number of nitrogens with one attached hydrogen (secondary N) is 1. The highest BCUT2D eigenvalue weighted by Crippen LogP contribution is 2.31. The monoisotopic (exact) mass is 482 g/mol. The van der Waals surface area contributed by atoms with Crippen molar-refractivity contribution in [2.24, 2.45) is 0 Å². The van der Waals surface area contributed by atoms with E-state index in [0.29, 0.717) is 49.2 Å². The highest BCUT2D eigenvalue weighted by molar-refractivity contribution is 7.92. The summed E-state index contributed by atoms with van der Waals surface area (Å²) >= 11 is 0. The lowest BCUT2D eigenvalue weighted by Crippen LogP contribution is -2.46. The van der Waals surface area contributed by atoms with Gasteiger partial charge in [0.2, 0.25) is 0 Å². The molecular weight excluding hydrogens is 456 g/mol. The molecule has 3 aromatic rings. The Morgan fingerprint density at radius 1 is 0.912 bits per heavy atom. The number of ether oxygens (including phenoxy) is 3. The van der Waals surface area contributed by atoms with Crippen LogP contribution in [0.2, 0.25) is 0 Å². The zero-order valence-electron chi connectivity index (χ0n) is 18.7. The van der Waals surface area contributed by atoms with Crippen LogP contribution in [0.1, 0.15) is 6.92 Å². The number of carbonyl (C=O) groups excluding carboxylic acids is 1. The van der Waals surface area contributed by atoms with Gasteiger partial charge in [0.1, 0.15) is 11.5 Å². The van der Waals surface area contributed by atoms with Crippen LogP contribution >= 0.6 is 0 Å². The number of benzene rings is 3. The fourth-order valence-corrected chi connectivity index (χ4v) is 4.52. The highest BCUT2D eigenvalue weighted by Gasteiger charge is 2.24. The van der Waals surface area contributed by atoms with Crippen LogP contribution < -0.4 is 14.2 Å². The van der Waals surface area contributed by atoms with Crippen LogP contribution in [0.3, 0.4) is 0 Å². The van der Waals surface area contributed by atoms with Gasteiger partial charge < -0.3 is 19.1 Å². The summed E-state index contributed by atoms with van der Waals surface area (Å²) < 4.78 is 45.4. The third kappa shape index (κ3) is 5.86. The Morgan fingerprint density at radius 3 is 2.26 bits per heavy atom. The van der Waals surface area contributed by atoms with Crippen LogP contribution in [0.4, 0.5) is 5.69 Å². The molecule has 178 valence electrons. The van der Waals surface area contributed by atoms with Crippen molar-refractivity contribution >= 4 is 21.6 Å². The molecule has 3 aromatic carbocycles. The van der Waals surface area contributed by atoms with E-state index in [1.807, 2.05) is 18.2 Å². The summed E-state index contributed by atoms with van der Waals surface area (Å²) in [6.45, 7) is 3.76. The lowest BCUT2D eigenvalue weighted by molar-refractivity contribution is -0.142. The number of hydrogen-bond acceptors (Lipinski definition) is 6. The molecule has 1 aliphatic rings. The van der Waals surface area contributed by atoms with Crippen LogP contribution in [0.15, 0.2) is 83.8 Å². The van der Waals surface area contributed by atoms with Gasteiger partial charge in [0, 0.05) is 13.1 Å². The van der Waals surface area contributed by atoms with E-state index >= 15 is 0 Å². The van der Waals surface area contributed by atoms with Crippen molar-refractivity contribution < 1.29 is 27.4 Å². The van der Waals surface area contributed by atoms with Gasteiger partial charge >= 0.3 is 0 Å². The number of morpholine rings is 1. The number of para-hydroxylation sites is 3. The standard InChI is InChI=1S/C25H26N2O6S/c1-19(25(28)27-15-17-31-18-16-27)32-21-11-13-22(14-12-21)34(29,30)26-23-9-5-6-10-24(23)33-20-7-3-2-4-8-20/h2-14,19,26H,15-18H2,1H3/t19-/m1/s1. The first-order chi connectivity index (χ1) is 16.4. The Hall–Kier alpha value is -3.56. The number of rotatable bonds is 8. The lowest BCUT2D eigenvalue weighted by Gasteiger charge is -2.29. The minimum absolute atomic E-state index is 0.0570. The van der Waals surface area contributed by atoms with E-state index in [2.05, 4.69) is 4.72 Å². The molecule has 1 N–H and O–H groups in total. The molecule has 1 aliphatic heterocycles. The van der Waals surface area contributed by atoms with E-state index in [4.69, 9.17) is 14.2 Å². The van der Waals surface area contributed by atoms with Crippen molar-refractivity contribution in [1.29, 1.82) is 0 Å². The van der Waals surface area contributed by atoms with Gasteiger partial charge in [-0.3, -0.25) is 9.52 Å². The normalized spacial score (nSPS) is 14.8. The first kappa shape index (κ1) is 23.6. The number of sulfonamides is 1. The second kappa shape index (κ2) is 10.6. The summed E-state index contributed by atoms with van der Waals surface area (Å²) in [4.78, 5) is 14.3. The largest absolute Gasteiger partial charge is 0.481 e. The van der Waals surface area contributed by atoms with Gasteiger partial charge in [-0.25, -0.2) is 8.42 Å². The van der Waals surface area contributed by atoms with E-state index in [0.717, 1.165) is 0 Å². The summed E-state index contributed by atoms with van der Waals surface area (Å²) in [5, 5.41) is 0. The Morgan fingerprint density at radius 2 is 1.56 bits per heavy atom. The van der Waals surface area contributed by atoms with Crippen LogP contribution in [-0.2, 0) is 19.6 Å². The molecular formula is C25H26N2O6S. The van der Waals surface area contributed by atoms with E-state index in [-0.39, 0.29) is 10.8 Å². The van der Waals surface area contributed by atoms with E-state index < -0.39 is 16.1 Å². The zero-order chi connectivity index (χ0) is 24.0. The summed E-state index contributed by atoms with van der Waals surface area (Å²) in [7, 11) is -3.88. The van der Waals surface area contributed by atoms with Gasteiger partial charge in [0.15, 0.2) is 11.9 Å². The van der Waals surface area contributed by atoms with Crippen molar-refractivity contribution in [3.63, 3.8) is 0 Å². The molecule has 1 heterocycles. The van der Waals surface area contributed by atoms with E-state index in [9.17, 15) is 13.2 Å². The fraction of sp³-hybridized carbons (Fsp3) is 0.240. The van der Waals surface area contributed by atoms with Crippen LogP contribution in [0.25, 0.3) is 0 Å². The van der Waals surface area contributed by atoms with Crippen LogP contribution in [0.5, 0.6) is 17.2 Å². The molecule has 1 fully saturated rings. The second-order valence-electron chi connectivity index (χ2n) is 7.69. The molecule has 8 nitrogen and oxygen atoms in total. The zero-order valence-corrected chi connectivity index (χ0v) is 19.5. The minimum atomic E-state index is -3.88. The highest BCUT2D eigenvalue weighted by atomic mass is 32.2. The summed E-state index contributed by atoms with van der Waals surface area (Å²) in [6.07, 6.45) is -0.694. The van der Waals surface area contributed by atoms with Gasteiger partial charge in [-0.1, -0.05) is 30.3 Å². The molecule has 0 radical (unpaired) electrons. The summed E-state index contributed by atoms with van der Waals surface area (Å²) in [5.74, 6) is 1.25. The molecule has 0 saturated carbocycles. The first-order valence-corrected chi connectivity index (χ1v) is 12.4. The first-order valence-electron chi connectivity index (χ1n) is 10.9. The fourth-order valence-electron chi connectivity index (χ4n) is 3.45. The Balaban J connectivity index is 1.43. The molecule has 9 heteroatoms. The van der Waals surface area contributed by atoms with E-state index in [1.54, 1.807) is 48.2 Å².